The third kappa shape index (κ3) is 4.79. The molecule has 0 aliphatic rings. The van der Waals surface area contributed by atoms with E-state index in [2.05, 4.69) is 9.88 Å². The van der Waals surface area contributed by atoms with E-state index >= 15 is 0 Å². The number of hydrogen-bond donors (Lipinski definition) is 1. The topological polar surface area (TPSA) is 34.0 Å². The molecule has 1 aromatic carbocycles. The second-order valence-corrected chi connectivity index (χ2v) is 4.86. The molecule has 0 atom stereocenters. The number of halogens is 1. The van der Waals surface area contributed by atoms with Crippen molar-refractivity contribution in [2.75, 3.05) is 0 Å². The Labute approximate surface area is 118 Å². The minimum absolute atomic E-state index is 0.0853. The lowest BCUT2D eigenvalue weighted by molar-refractivity contribution is -0.121. The fourth-order valence-corrected chi connectivity index (χ4v) is 1.96. The summed E-state index contributed by atoms with van der Waals surface area (Å²) in [5.41, 5.74) is 1.06. The number of amides is 1. The van der Waals surface area contributed by atoms with Crippen LogP contribution >= 0.6 is 11.6 Å². The Hall–Kier alpha value is -1.74. The van der Waals surface area contributed by atoms with Gasteiger partial charge in [-0.3, -0.25) is 4.79 Å². The summed E-state index contributed by atoms with van der Waals surface area (Å²) in [4.78, 5) is 11.7. The molecule has 1 aromatic heterocycles. The maximum absolute atomic E-state index is 11.7. The van der Waals surface area contributed by atoms with Gasteiger partial charge in [0.05, 0.1) is 0 Å². The summed E-state index contributed by atoms with van der Waals surface area (Å²) < 4.78 is 2.08. The second kappa shape index (κ2) is 7.00. The van der Waals surface area contributed by atoms with Crippen LogP contribution < -0.4 is 5.32 Å². The average molecular weight is 277 g/mol. The first kappa shape index (κ1) is 13.7. The van der Waals surface area contributed by atoms with E-state index in [-0.39, 0.29) is 5.91 Å². The van der Waals surface area contributed by atoms with Gasteiger partial charge in [-0.05, 0) is 36.2 Å². The van der Waals surface area contributed by atoms with Gasteiger partial charge in [0, 0.05) is 36.9 Å². The van der Waals surface area contributed by atoms with Gasteiger partial charge in [0.2, 0.25) is 5.91 Å². The van der Waals surface area contributed by atoms with Gasteiger partial charge in [-0.2, -0.15) is 0 Å². The number of benzene rings is 1. The Morgan fingerprint density at radius 3 is 2.53 bits per heavy atom. The molecule has 100 valence electrons. The molecule has 0 saturated heterocycles. The molecule has 0 saturated carbocycles. The molecule has 0 fully saturated rings. The van der Waals surface area contributed by atoms with E-state index in [0.29, 0.717) is 18.0 Å². The van der Waals surface area contributed by atoms with E-state index in [1.54, 1.807) is 0 Å². The number of carbonyl (C=O) groups excluding carboxylic acids is 1. The van der Waals surface area contributed by atoms with E-state index in [1.165, 1.54) is 0 Å². The van der Waals surface area contributed by atoms with E-state index < -0.39 is 0 Å². The molecule has 1 heterocycles. The van der Waals surface area contributed by atoms with Gasteiger partial charge in [-0.25, -0.2) is 0 Å². The normalized spacial score (nSPS) is 10.4. The van der Waals surface area contributed by atoms with Gasteiger partial charge in [0.25, 0.3) is 0 Å². The average Bonchev–Trinajstić information content (AvgIpc) is 2.91. The summed E-state index contributed by atoms with van der Waals surface area (Å²) in [6, 6.07) is 11.5. The highest BCUT2D eigenvalue weighted by Gasteiger charge is 2.01. The quantitative estimate of drug-likeness (QED) is 0.863. The zero-order valence-corrected chi connectivity index (χ0v) is 11.4. The van der Waals surface area contributed by atoms with E-state index in [4.69, 9.17) is 11.6 Å². The van der Waals surface area contributed by atoms with Crippen molar-refractivity contribution in [1.29, 1.82) is 0 Å². The highest BCUT2D eigenvalue weighted by Crippen LogP contribution is 2.09. The van der Waals surface area contributed by atoms with E-state index in [1.807, 2.05) is 48.8 Å². The van der Waals surface area contributed by atoms with Crippen LogP contribution in [0.15, 0.2) is 48.8 Å². The summed E-state index contributed by atoms with van der Waals surface area (Å²) in [7, 11) is 0. The van der Waals surface area contributed by atoms with Gasteiger partial charge < -0.3 is 9.88 Å². The lowest BCUT2D eigenvalue weighted by Crippen LogP contribution is -2.22. The first-order valence-electron chi connectivity index (χ1n) is 6.36. The van der Waals surface area contributed by atoms with Crippen molar-refractivity contribution in [2.24, 2.45) is 0 Å². The zero-order valence-electron chi connectivity index (χ0n) is 10.7. The standard InChI is InChI=1S/C15H17ClN2O/c16-14-7-5-13(6-8-14)12-17-15(19)4-3-11-18-9-1-2-10-18/h1-2,5-10H,3-4,11-12H2,(H,17,19). The molecule has 3 nitrogen and oxygen atoms in total. The number of rotatable bonds is 6. The van der Waals surface area contributed by atoms with Crippen molar-refractivity contribution in [1.82, 2.24) is 9.88 Å². The smallest absolute Gasteiger partial charge is 0.220 e. The Balaban J connectivity index is 1.65. The Kier molecular flexibility index (Phi) is 5.04. The molecule has 1 N–H and O–H groups in total. The third-order valence-corrected chi connectivity index (χ3v) is 3.14. The zero-order chi connectivity index (χ0) is 13.5. The van der Waals surface area contributed by atoms with E-state index in [0.717, 1.165) is 18.5 Å². The second-order valence-electron chi connectivity index (χ2n) is 4.43. The predicted molar refractivity (Wildman–Crippen MR) is 77.0 cm³/mol. The first-order chi connectivity index (χ1) is 9.24. The van der Waals surface area contributed by atoms with Gasteiger partial charge in [0.1, 0.15) is 0 Å². The van der Waals surface area contributed by atoms with Crippen LogP contribution in [0.1, 0.15) is 18.4 Å². The van der Waals surface area contributed by atoms with Crippen LogP contribution in [0.3, 0.4) is 0 Å². The van der Waals surface area contributed by atoms with Crippen LogP contribution in [-0.2, 0) is 17.9 Å². The van der Waals surface area contributed by atoms with Crippen molar-refractivity contribution in [3.05, 3.63) is 59.4 Å². The first-order valence-corrected chi connectivity index (χ1v) is 6.74. The maximum atomic E-state index is 11.7. The Morgan fingerprint density at radius 2 is 1.84 bits per heavy atom. The van der Waals surface area contributed by atoms with Crippen LogP contribution in [0.25, 0.3) is 0 Å². The van der Waals surface area contributed by atoms with Gasteiger partial charge >= 0.3 is 0 Å². The summed E-state index contributed by atoms with van der Waals surface area (Å²) in [6.45, 7) is 1.43. The minimum atomic E-state index is 0.0853. The fraction of sp³-hybridized carbons (Fsp3) is 0.267. The Bertz CT molecular complexity index is 505. The maximum Gasteiger partial charge on any atom is 0.220 e. The molecule has 2 aromatic rings. The molecule has 0 radical (unpaired) electrons. The number of nitrogens with zero attached hydrogens (tertiary/aromatic N) is 1. The van der Waals surface area contributed by atoms with Crippen molar-refractivity contribution < 1.29 is 4.79 Å². The number of carbonyl (C=O) groups is 1. The largest absolute Gasteiger partial charge is 0.354 e. The lowest BCUT2D eigenvalue weighted by Gasteiger charge is -2.06. The summed E-state index contributed by atoms with van der Waals surface area (Å²) >= 11 is 5.80. The molecule has 1 amide bonds. The monoisotopic (exact) mass is 276 g/mol. The van der Waals surface area contributed by atoms with Crippen molar-refractivity contribution in [3.8, 4) is 0 Å². The third-order valence-electron chi connectivity index (χ3n) is 2.89. The van der Waals surface area contributed by atoms with Crippen molar-refractivity contribution in [3.63, 3.8) is 0 Å². The highest BCUT2D eigenvalue weighted by atomic mass is 35.5. The molecule has 0 aliphatic carbocycles. The number of aryl methyl sites for hydroxylation is 1. The summed E-state index contributed by atoms with van der Waals surface area (Å²) in [5, 5.41) is 3.62. The van der Waals surface area contributed by atoms with Crippen LogP contribution in [0.4, 0.5) is 0 Å². The van der Waals surface area contributed by atoms with E-state index in [9.17, 15) is 4.79 Å². The SMILES string of the molecule is O=C(CCCn1cccc1)NCc1ccc(Cl)cc1. The molecule has 4 heteroatoms. The Morgan fingerprint density at radius 1 is 1.16 bits per heavy atom. The molecule has 0 aliphatic heterocycles. The van der Waals surface area contributed by atoms with Gasteiger partial charge in [-0.15, -0.1) is 0 Å². The molecule has 0 spiro atoms. The molecule has 0 bridgehead atoms. The lowest BCUT2D eigenvalue weighted by atomic mass is 10.2. The number of hydrogen-bond acceptors (Lipinski definition) is 1. The van der Waals surface area contributed by atoms with Crippen LogP contribution in [0, 0.1) is 0 Å². The molecule has 2 rings (SSSR count). The van der Waals surface area contributed by atoms with Crippen LogP contribution in [0.5, 0.6) is 0 Å². The van der Waals surface area contributed by atoms with Gasteiger partial charge in [0.15, 0.2) is 0 Å². The summed E-state index contributed by atoms with van der Waals surface area (Å²) in [6.07, 6.45) is 5.41. The minimum Gasteiger partial charge on any atom is -0.354 e. The fourth-order valence-electron chi connectivity index (χ4n) is 1.83. The van der Waals surface area contributed by atoms with Crippen LogP contribution in [0.2, 0.25) is 5.02 Å². The van der Waals surface area contributed by atoms with Crippen molar-refractivity contribution >= 4 is 17.5 Å². The van der Waals surface area contributed by atoms with Crippen molar-refractivity contribution in [2.45, 2.75) is 25.9 Å². The van der Waals surface area contributed by atoms with Gasteiger partial charge in [-0.1, -0.05) is 23.7 Å². The highest BCUT2D eigenvalue weighted by molar-refractivity contribution is 6.30. The molecule has 0 unspecified atom stereocenters. The number of aromatic nitrogens is 1. The molecular formula is C15H17ClN2O. The summed E-state index contributed by atoms with van der Waals surface area (Å²) in [5.74, 6) is 0.0853. The molecular weight excluding hydrogens is 260 g/mol. The molecule has 19 heavy (non-hydrogen) atoms. The predicted octanol–water partition coefficient (Wildman–Crippen LogP) is 3.24. The van der Waals surface area contributed by atoms with Crippen LogP contribution in [-0.4, -0.2) is 10.5 Å². The number of nitrogens with one attached hydrogen (secondary N) is 1.